The third-order valence-electron chi connectivity index (χ3n) is 3.71. The van der Waals surface area contributed by atoms with Gasteiger partial charge in [-0.05, 0) is 25.3 Å². The molecular weight excluding hydrogens is 205 g/mol. The SMILES string of the molecule is Fc1cncc(N2CC[C@H]3NCC[C@H]3C2)c1. The van der Waals surface area contributed by atoms with Crippen molar-refractivity contribution >= 4 is 5.69 Å². The van der Waals surface area contributed by atoms with Gasteiger partial charge < -0.3 is 10.2 Å². The second-order valence-electron chi connectivity index (χ2n) is 4.71. The summed E-state index contributed by atoms with van der Waals surface area (Å²) in [6.07, 6.45) is 5.41. The number of aromatic nitrogens is 1. The average Bonchev–Trinajstić information content (AvgIpc) is 2.75. The van der Waals surface area contributed by atoms with E-state index in [9.17, 15) is 4.39 Å². The zero-order valence-electron chi connectivity index (χ0n) is 9.19. The Morgan fingerprint density at radius 3 is 3.19 bits per heavy atom. The van der Waals surface area contributed by atoms with Gasteiger partial charge in [0.1, 0.15) is 5.82 Å². The van der Waals surface area contributed by atoms with Gasteiger partial charge in [0.05, 0.1) is 18.1 Å². The fraction of sp³-hybridized carbons (Fsp3) is 0.583. The van der Waals surface area contributed by atoms with Crippen LogP contribution in [0.4, 0.5) is 10.1 Å². The van der Waals surface area contributed by atoms with E-state index >= 15 is 0 Å². The maximum atomic E-state index is 13.1. The molecule has 1 N–H and O–H groups in total. The van der Waals surface area contributed by atoms with Crippen LogP contribution in [0.5, 0.6) is 0 Å². The van der Waals surface area contributed by atoms with E-state index in [1.54, 1.807) is 12.3 Å². The fourth-order valence-electron chi connectivity index (χ4n) is 2.86. The molecule has 0 aromatic carbocycles. The van der Waals surface area contributed by atoms with Crippen molar-refractivity contribution in [2.75, 3.05) is 24.5 Å². The lowest BCUT2D eigenvalue weighted by molar-refractivity contribution is 0.376. The number of piperidine rings is 1. The number of pyridine rings is 1. The maximum absolute atomic E-state index is 13.1. The molecule has 2 atom stereocenters. The number of hydrogen-bond donors (Lipinski definition) is 1. The van der Waals surface area contributed by atoms with Gasteiger partial charge in [0.25, 0.3) is 0 Å². The molecule has 86 valence electrons. The second-order valence-corrected chi connectivity index (χ2v) is 4.71. The van der Waals surface area contributed by atoms with Gasteiger partial charge in [0.2, 0.25) is 0 Å². The summed E-state index contributed by atoms with van der Waals surface area (Å²) < 4.78 is 13.1. The van der Waals surface area contributed by atoms with Gasteiger partial charge in [0.15, 0.2) is 0 Å². The maximum Gasteiger partial charge on any atom is 0.143 e. The van der Waals surface area contributed by atoms with Crippen LogP contribution in [-0.4, -0.2) is 30.7 Å². The standard InChI is InChI=1S/C12H16FN3/c13-10-5-11(7-14-6-10)16-4-2-12-9(8-16)1-3-15-12/h5-7,9,12,15H,1-4,8H2/t9-,12+/m0/s1. The monoisotopic (exact) mass is 221 g/mol. The van der Waals surface area contributed by atoms with Crippen molar-refractivity contribution in [2.24, 2.45) is 5.92 Å². The number of rotatable bonds is 1. The van der Waals surface area contributed by atoms with E-state index in [0.29, 0.717) is 6.04 Å². The lowest BCUT2D eigenvalue weighted by atomic mass is 9.93. The molecule has 1 aromatic heterocycles. The molecule has 4 heteroatoms. The van der Waals surface area contributed by atoms with Gasteiger partial charge in [-0.15, -0.1) is 0 Å². The highest BCUT2D eigenvalue weighted by atomic mass is 19.1. The van der Waals surface area contributed by atoms with Crippen molar-refractivity contribution in [1.29, 1.82) is 0 Å². The summed E-state index contributed by atoms with van der Waals surface area (Å²) in [5, 5.41) is 3.53. The van der Waals surface area contributed by atoms with Crippen LogP contribution in [0.1, 0.15) is 12.8 Å². The Morgan fingerprint density at radius 1 is 1.38 bits per heavy atom. The minimum Gasteiger partial charge on any atom is -0.370 e. The van der Waals surface area contributed by atoms with E-state index in [0.717, 1.165) is 37.7 Å². The van der Waals surface area contributed by atoms with Crippen LogP contribution in [0, 0.1) is 11.7 Å². The predicted molar refractivity (Wildman–Crippen MR) is 60.9 cm³/mol. The molecular formula is C12H16FN3. The molecule has 3 heterocycles. The van der Waals surface area contributed by atoms with Crippen molar-refractivity contribution in [3.8, 4) is 0 Å². The van der Waals surface area contributed by atoms with Crippen LogP contribution in [0.25, 0.3) is 0 Å². The minimum atomic E-state index is -0.246. The molecule has 3 nitrogen and oxygen atoms in total. The number of nitrogens with zero attached hydrogens (tertiary/aromatic N) is 2. The average molecular weight is 221 g/mol. The van der Waals surface area contributed by atoms with Crippen LogP contribution in [-0.2, 0) is 0 Å². The topological polar surface area (TPSA) is 28.2 Å². The Labute approximate surface area is 94.7 Å². The molecule has 2 aliphatic heterocycles. The summed E-state index contributed by atoms with van der Waals surface area (Å²) in [7, 11) is 0. The highest BCUT2D eigenvalue weighted by Gasteiger charge is 2.32. The Morgan fingerprint density at radius 2 is 2.31 bits per heavy atom. The van der Waals surface area contributed by atoms with Crippen molar-refractivity contribution in [2.45, 2.75) is 18.9 Å². The predicted octanol–water partition coefficient (Wildman–Crippen LogP) is 1.41. The van der Waals surface area contributed by atoms with E-state index in [-0.39, 0.29) is 5.82 Å². The van der Waals surface area contributed by atoms with Gasteiger partial charge in [-0.3, -0.25) is 4.98 Å². The molecule has 0 bridgehead atoms. The molecule has 0 aliphatic carbocycles. The molecule has 3 rings (SSSR count). The highest BCUT2D eigenvalue weighted by Crippen LogP contribution is 2.27. The van der Waals surface area contributed by atoms with Crippen molar-refractivity contribution in [3.05, 3.63) is 24.3 Å². The zero-order valence-corrected chi connectivity index (χ0v) is 9.19. The lowest BCUT2D eigenvalue weighted by Gasteiger charge is -2.36. The van der Waals surface area contributed by atoms with Crippen LogP contribution in [0.2, 0.25) is 0 Å². The first-order valence-electron chi connectivity index (χ1n) is 5.92. The number of nitrogens with one attached hydrogen (secondary N) is 1. The Balaban J connectivity index is 1.76. The Bertz CT molecular complexity index is 382. The van der Waals surface area contributed by atoms with E-state index in [4.69, 9.17) is 0 Å². The van der Waals surface area contributed by atoms with Gasteiger partial charge >= 0.3 is 0 Å². The molecule has 0 amide bonds. The summed E-state index contributed by atoms with van der Waals surface area (Å²) in [5.74, 6) is 0.473. The van der Waals surface area contributed by atoms with Crippen molar-refractivity contribution in [3.63, 3.8) is 0 Å². The normalized spacial score (nSPS) is 29.2. The number of halogens is 1. The summed E-state index contributed by atoms with van der Waals surface area (Å²) in [6, 6.07) is 2.26. The lowest BCUT2D eigenvalue weighted by Crippen LogP contribution is -2.44. The molecule has 0 saturated carbocycles. The van der Waals surface area contributed by atoms with Crippen LogP contribution >= 0.6 is 0 Å². The first-order chi connectivity index (χ1) is 7.83. The summed E-state index contributed by atoms with van der Waals surface area (Å²) in [4.78, 5) is 6.17. The van der Waals surface area contributed by atoms with Crippen LogP contribution in [0.15, 0.2) is 18.5 Å². The van der Waals surface area contributed by atoms with E-state index < -0.39 is 0 Å². The summed E-state index contributed by atoms with van der Waals surface area (Å²) >= 11 is 0. The zero-order chi connectivity index (χ0) is 11.0. The molecule has 1 aromatic rings. The summed E-state index contributed by atoms with van der Waals surface area (Å²) in [6.45, 7) is 3.16. The van der Waals surface area contributed by atoms with Crippen LogP contribution < -0.4 is 10.2 Å². The minimum absolute atomic E-state index is 0.246. The Kier molecular flexibility index (Phi) is 2.52. The molecule has 2 aliphatic rings. The molecule has 2 fully saturated rings. The quantitative estimate of drug-likeness (QED) is 0.777. The second kappa shape index (κ2) is 4.01. The number of anilines is 1. The highest BCUT2D eigenvalue weighted by molar-refractivity contribution is 5.44. The fourth-order valence-corrected chi connectivity index (χ4v) is 2.86. The summed E-state index contributed by atoms with van der Waals surface area (Å²) in [5.41, 5.74) is 0.922. The van der Waals surface area contributed by atoms with E-state index in [2.05, 4.69) is 15.2 Å². The molecule has 16 heavy (non-hydrogen) atoms. The third-order valence-corrected chi connectivity index (χ3v) is 3.71. The van der Waals surface area contributed by atoms with Gasteiger partial charge in [-0.25, -0.2) is 4.39 Å². The first-order valence-corrected chi connectivity index (χ1v) is 5.92. The third kappa shape index (κ3) is 1.78. The van der Waals surface area contributed by atoms with Gasteiger partial charge in [-0.1, -0.05) is 0 Å². The number of fused-ring (bicyclic) bond motifs is 1. The molecule has 0 radical (unpaired) electrons. The van der Waals surface area contributed by atoms with E-state index in [1.807, 2.05) is 0 Å². The number of hydrogen-bond acceptors (Lipinski definition) is 3. The smallest absolute Gasteiger partial charge is 0.143 e. The van der Waals surface area contributed by atoms with Gasteiger partial charge in [0, 0.05) is 25.2 Å². The van der Waals surface area contributed by atoms with Gasteiger partial charge in [-0.2, -0.15) is 0 Å². The van der Waals surface area contributed by atoms with Crippen LogP contribution in [0.3, 0.4) is 0 Å². The molecule has 2 saturated heterocycles. The molecule has 0 unspecified atom stereocenters. The molecule has 0 spiro atoms. The Hall–Kier alpha value is -1.16. The van der Waals surface area contributed by atoms with Crippen molar-refractivity contribution < 1.29 is 4.39 Å². The van der Waals surface area contributed by atoms with E-state index in [1.165, 1.54) is 12.6 Å². The van der Waals surface area contributed by atoms with Crippen molar-refractivity contribution in [1.82, 2.24) is 10.3 Å². The first kappa shape index (κ1) is 10.0. The largest absolute Gasteiger partial charge is 0.370 e.